The molecular formula is C27H28O5. The van der Waals surface area contributed by atoms with E-state index in [0.29, 0.717) is 17.7 Å². The van der Waals surface area contributed by atoms with Gasteiger partial charge in [-0.2, -0.15) is 0 Å². The Morgan fingerprint density at radius 2 is 1.47 bits per heavy atom. The average molecular weight is 433 g/mol. The van der Waals surface area contributed by atoms with E-state index in [-0.39, 0.29) is 25.4 Å². The van der Waals surface area contributed by atoms with Crippen LogP contribution in [0.4, 0.5) is 0 Å². The molecule has 3 aromatic rings. The molecule has 1 atom stereocenters. The minimum absolute atomic E-state index is 0.000360. The van der Waals surface area contributed by atoms with E-state index in [1.165, 1.54) is 5.56 Å². The van der Waals surface area contributed by atoms with Gasteiger partial charge in [0.1, 0.15) is 12.4 Å². The first-order valence-electron chi connectivity index (χ1n) is 10.8. The molecule has 0 radical (unpaired) electrons. The largest absolute Gasteiger partial charge is 0.491 e. The van der Waals surface area contributed by atoms with Crippen molar-refractivity contribution in [3.63, 3.8) is 0 Å². The quantitative estimate of drug-likeness (QED) is 0.393. The van der Waals surface area contributed by atoms with Gasteiger partial charge in [0.2, 0.25) is 0 Å². The first-order chi connectivity index (χ1) is 15.6. The number of ketones is 1. The lowest BCUT2D eigenvalue weighted by Crippen LogP contribution is -2.18. The van der Waals surface area contributed by atoms with Gasteiger partial charge >= 0.3 is 5.97 Å². The first kappa shape index (κ1) is 23.2. The normalized spacial score (nSPS) is 11.7. The van der Waals surface area contributed by atoms with Crippen LogP contribution in [0, 0.1) is 5.92 Å². The van der Waals surface area contributed by atoms with Crippen LogP contribution in [-0.4, -0.2) is 35.2 Å². The van der Waals surface area contributed by atoms with Crippen molar-refractivity contribution in [1.29, 1.82) is 0 Å². The Balaban J connectivity index is 1.56. The average Bonchev–Trinajstić information content (AvgIpc) is 2.83. The van der Waals surface area contributed by atoms with E-state index < -0.39 is 11.9 Å². The molecule has 0 bridgehead atoms. The molecule has 0 saturated carbocycles. The second-order valence-corrected chi connectivity index (χ2v) is 7.71. The second kappa shape index (κ2) is 11.8. The third-order valence-corrected chi connectivity index (χ3v) is 5.40. The molecular weight excluding hydrogens is 404 g/mol. The molecule has 3 aromatic carbocycles. The van der Waals surface area contributed by atoms with Crippen molar-refractivity contribution in [1.82, 2.24) is 0 Å². The zero-order valence-electron chi connectivity index (χ0n) is 17.9. The standard InChI is InChI=1S/C27H28O5/c28-17-18-32-25-15-13-22(14-16-25)21-9-11-23(12-10-21)26(29)19-24(27(30)31)8-4-7-20-5-2-1-3-6-20/h1-3,5-6,9-16,24,28H,4,7-8,17-19H2,(H,30,31). The fraction of sp³-hybridized carbons (Fsp3) is 0.259. The summed E-state index contributed by atoms with van der Waals surface area (Å²) in [4.78, 5) is 24.4. The summed E-state index contributed by atoms with van der Waals surface area (Å²) in [5.41, 5.74) is 3.62. The number of benzene rings is 3. The highest BCUT2D eigenvalue weighted by atomic mass is 16.5. The second-order valence-electron chi connectivity index (χ2n) is 7.71. The number of carbonyl (C=O) groups excluding carboxylic acids is 1. The molecule has 0 aliphatic carbocycles. The molecule has 32 heavy (non-hydrogen) atoms. The number of carboxylic acids is 1. The van der Waals surface area contributed by atoms with E-state index in [9.17, 15) is 14.7 Å². The van der Waals surface area contributed by atoms with Gasteiger partial charge in [0.25, 0.3) is 0 Å². The predicted octanol–water partition coefficient (Wildman–Crippen LogP) is 5.02. The van der Waals surface area contributed by atoms with Crippen LogP contribution in [0.25, 0.3) is 11.1 Å². The van der Waals surface area contributed by atoms with Crippen LogP contribution < -0.4 is 4.74 Å². The smallest absolute Gasteiger partial charge is 0.306 e. The highest BCUT2D eigenvalue weighted by Crippen LogP contribution is 2.24. The van der Waals surface area contributed by atoms with Crippen molar-refractivity contribution in [3.05, 3.63) is 90.0 Å². The highest BCUT2D eigenvalue weighted by Gasteiger charge is 2.21. The molecule has 0 amide bonds. The number of aryl methyl sites for hydroxylation is 1. The van der Waals surface area contributed by atoms with E-state index in [0.717, 1.165) is 24.0 Å². The van der Waals surface area contributed by atoms with Crippen LogP contribution >= 0.6 is 0 Å². The summed E-state index contributed by atoms with van der Waals surface area (Å²) in [7, 11) is 0. The van der Waals surface area contributed by atoms with E-state index in [2.05, 4.69) is 0 Å². The van der Waals surface area contributed by atoms with Crippen LogP contribution in [-0.2, 0) is 11.2 Å². The number of ether oxygens (including phenoxy) is 1. The van der Waals surface area contributed by atoms with Gasteiger partial charge in [0, 0.05) is 12.0 Å². The number of carboxylic acid groups (broad SMARTS) is 1. The molecule has 3 rings (SSSR count). The fourth-order valence-corrected chi connectivity index (χ4v) is 3.61. The third kappa shape index (κ3) is 6.79. The van der Waals surface area contributed by atoms with Gasteiger partial charge in [0.15, 0.2) is 5.78 Å². The lowest BCUT2D eigenvalue weighted by molar-refractivity contribution is -0.141. The van der Waals surface area contributed by atoms with Crippen molar-refractivity contribution in [3.8, 4) is 16.9 Å². The predicted molar refractivity (Wildman–Crippen MR) is 124 cm³/mol. The highest BCUT2D eigenvalue weighted by molar-refractivity contribution is 5.98. The number of hydrogen-bond acceptors (Lipinski definition) is 4. The fourth-order valence-electron chi connectivity index (χ4n) is 3.61. The third-order valence-electron chi connectivity index (χ3n) is 5.40. The Morgan fingerprint density at radius 1 is 0.844 bits per heavy atom. The van der Waals surface area contributed by atoms with Gasteiger partial charge in [0.05, 0.1) is 12.5 Å². The summed E-state index contributed by atoms with van der Waals surface area (Å²) >= 11 is 0. The van der Waals surface area contributed by atoms with Crippen LogP contribution in [0.3, 0.4) is 0 Å². The van der Waals surface area contributed by atoms with Gasteiger partial charge < -0.3 is 14.9 Å². The summed E-state index contributed by atoms with van der Waals surface area (Å²) in [5, 5.41) is 18.4. The molecule has 0 aliphatic rings. The monoisotopic (exact) mass is 432 g/mol. The summed E-state index contributed by atoms with van der Waals surface area (Å²) < 4.78 is 5.36. The number of aliphatic carboxylic acids is 1. The van der Waals surface area contributed by atoms with Gasteiger partial charge in [-0.25, -0.2) is 0 Å². The molecule has 0 aliphatic heterocycles. The Labute approximate surface area is 188 Å². The number of aliphatic hydroxyl groups is 1. The molecule has 166 valence electrons. The SMILES string of the molecule is O=C(CC(CCCc1ccccc1)C(=O)O)c1ccc(-c2ccc(OCCO)cc2)cc1. The Kier molecular flexibility index (Phi) is 8.58. The zero-order valence-corrected chi connectivity index (χ0v) is 17.9. The summed E-state index contributed by atoms with van der Waals surface area (Å²) in [5.74, 6) is -1.08. The van der Waals surface area contributed by atoms with Crippen molar-refractivity contribution in [2.24, 2.45) is 5.92 Å². The van der Waals surface area contributed by atoms with Crippen LogP contribution in [0.2, 0.25) is 0 Å². The number of hydrogen-bond donors (Lipinski definition) is 2. The van der Waals surface area contributed by atoms with Crippen LogP contribution in [0.1, 0.15) is 35.2 Å². The summed E-state index contributed by atoms with van der Waals surface area (Å²) in [6, 6.07) is 24.7. The first-order valence-corrected chi connectivity index (χ1v) is 10.8. The van der Waals surface area contributed by atoms with Crippen molar-refractivity contribution < 1.29 is 24.5 Å². The van der Waals surface area contributed by atoms with Crippen LogP contribution in [0.15, 0.2) is 78.9 Å². The topological polar surface area (TPSA) is 83.8 Å². The van der Waals surface area contributed by atoms with E-state index in [1.54, 1.807) is 12.1 Å². The maximum absolute atomic E-state index is 12.7. The van der Waals surface area contributed by atoms with Gasteiger partial charge in [-0.1, -0.05) is 66.7 Å². The van der Waals surface area contributed by atoms with Gasteiger partial charge in [-0.3, -0.25) is 9.59 Å². The Morgan fingerprint density at radius 3 is 2.06 bits per heavy atom. The molecule has 2 N–H and O–H groups in total. The lowest BCUT2D eigenvalue weighted by Gasteiger charge is -2.12. The van der Waals surface area contributed by atoms with E-state index in [1.807, 2.05) is 66.7 Å². The van der Waals surface area contributed by atoms with Crippen molar-refractivity contribution >= 4 is 11.8 Å². The molecule has 0 fully saturated rings. The molecule has 0 heterocycles. The van der Waals surface area contributed by atoms with Crippen molar-refractivity contribution in [2.45, 2.75) is 25.7 Å². The maximum atomic E-state index is 12.7. The number of aliphatic hydroxyl groups excluding tert-OH is 1. The Bertz CT molecular complexity index is 994. The molecule has 0 saturated heterocycles. The summed E-state index contributed by atoms with van der Waals surface area (Å²) in [6.07, 6.45) is 2.00. The van der Waals surface area contributed by atoms with E-state index >= 15 is 0 Å². The minimum atomic E-state index is -0.925. The van der Waals surface area contributed by atoms with Gasteiger partial charge in [-0.15, -0.1) is 0 Å². The van der Waals surface area contributed by atoms with Crippen molar-refractivity contribution in [2.75, 3.05) is 13.2 Å². The summed E-state index contributed by atoms with van der Waals surface area (Å²) in [6.45, 7) is 0.215. The zero-order chi connectivity index (χ0) is 22.8. The lowest BCUT2D eigenvalue weighted by atomic mass is 9.92. The number of rotatable bonds is 12. The number of Topliss-reactive ketones (excluding diaryl/α,β-unsaturated/α-hetero) is 1. The maximum Gasteiger partial charge on any atom is 0.306 e. The molecule has 0 spiro atoms. The molecule has 5 nitrogen and oxygen atoms in total. The molecule has 5 heteroatoms. The minimum Gasteiger partial charge on any atom is -0.491 e. The Hall–Kier alpha value is -3.44. The number of carbonyl (C=O) groups is 2. The molecule has 0 aromatic heterocycles. The van der Waals surface area contributed by atoms with E-state index in [4.69, 9.17) is 9.84 Å². The van der Waals surface area contributed by atoms with Gasteiger partial charge in [-0.05, 0) is 48.1 Å². The van der Waals surface area contributed by atoms with Crippen LogP contribution in [0.5, 0.6) is 5.75 Å². The molecule has 1 unspecified atom stereocenters.